The van der Waals surface area contributed by atoms with E-state index in [9.17, 15) is 10.4 Å². The van der Waals surface area contributed by atoms with Gasteiger partial charge in [-0.25, -0.2) is 0 Å². The van der Waals surface area contributed by atoms with Crippen molar-refractivity contribution >= 4 is 16.6 Å². The highest BCUT2D eigenvalue weighted by molar-refractivity contribution is 5.96. The molecular weight excluding hydrogens is 348 g/mol. The molecule has 2 heterocycles. The molecule has 1 aromatic carbocycles. The highest BCUT2D eigenvalue weighted by atomic mass is 16.3. The number of pyridine rings is 1. The van der Waals surface area contributed by atoms with Gasteiger partial charge in [0.2, 0.25) is 0 Å². The summed E-state index contributed by atoms with van der Waals surface area (Å²) in [4.78, 5) is 7.01. The molecule has 1 saturated heterocycles. The average Bonchev–Trinajstić information content (AvgIpc) is 2.69. The Morgan fingerprint density at radius 1 is 1.14 bits per heavy atom. The molecule has 2 fully saturated rings. The smallest absolute Gasteiger partial charge is 0.103 e. The Morgan fingerprint density at radius 2 is 1.89 bits per heavy atom. The number of aliphatic hydroxyl groups excluding tert-OH is 1. The molecule has 5 nitrogen and oxygen atoms in total. The fraction of sp³-hybridized carbons (Fsp3) is 0.565. The lowest BCUT2D eigenvalue weighted by Gasteiger charge is -2.42. The van der Waals surface area contributed by atoms with Gasteiger partial charge in [0, 0.05) is 36.8 Å². The Bertz CT molecular complexity index is 896. The predicted molar refractivity (Wildman–Crippen MR) is 112 cm³/mol. The van der Waals surface area contributed by atoms with Crippen LogP contribution in [0.25, 0.3) is 10.9 Å². The minimum atomic E-state index is -0.168. The summed E-state index contributed by atoms with van der Waals surface area (Å²) in [5.74, 6) is 0. The summed E-state index contributed by atoms with van der Waals surface area (Å²) < 4.78 is 0. The molecule has 148 valence electrons. The highest BCUT2D eigenvalue weighted by Crippen LogP contribution is 2.31. The average molecular weight is 379 g/mol. The summed E-state index contributed by atoms with van der Waals surface area (Å²) in [6, 6.07) is 7.26. The van der Waals surface area contributed by atoms with E-state index >= 15 is 0 Å². The third kappa shape index (κ3) is 3.72. The Labute approximate surface area is 167 Å². The SMILES string of the molecule is Cc1cc(C)c2ncc(C#N)c(NC3CCN(C4CCCCC4O)CC3)c2c1. The minimum Gasteiger partial charge on any atom is -0.391 e. The van der Waals surface area contributed by atoms with Crippen LogP contribution in [0, 0.1) is 25.2 Å². The zero-order chi connectivity index (χ0) is 19.7. The fourth-order valence-electron chi connectivity index (χ4n) is 5.00. The molecule has 0 spiro atoms. The molecule has 0 radical (unpaired) electrons. The normalized spacial score (nSPS) is 24.2. The number of nitriles is 1. The summed E-state index contributed by atoms with van der Waals surface area (Å²) >= 11 is 0. The van der Waals surface area contributed by atoms with Crippen molar-refractivity contribution in [1.29, 1.82) is 5.26 Å². The standard InChI is InChI=1S/C23H30N4O/c1-15-11-16(2)22-19(12-15)23(17(13-24)14-25-22)26-18-7-9-27(10-8-18)20-5-3-4-6-21(20)28/h11-12,14,18,20-21,28H,3-10H2,1-2H3,(H,25,26). The largest absolute Gasteiger partial charge is 0.391 e. The second-order valence-corrected chi connectivity index (χ2v) is 8.51. The van der Waals surface area contributed by atoms with E-state index in [0.29, 0.717) is 17.6 Å². The molecule has 1 saturated carbocycles. The molecule has 2 atom stereocenters. The number of anilines is 1. The van der Waals surface area contributed by atoms with E-state index in [1.54, 1.807) is 6.20 Å². The van der Waals surface area contributed by atoms with Crippen molar-refractivity contribution in [2.75, 3.05) is 18.4 Å². The van der Waals surface area contributed by atoms with Gasteiger partial charge in [-0.3, -0.25) is 9.88 Å². The van der Waals surface area contributed by atoms with E-state index in [1.165, 1.54) is 12.0 Å². The van der Waals surface area contributed by atoms with Gasteiger partial charge in [0.15, 0.2) is 0 Å². The number of rotatable bonds is 3. The number of nitrogens with one attached hydrogen (secondary N) is 1. The minimum absolute atomic E-state index is 0.168. The highest BCUT2D eigenvalue weighted by Gasteiger charge is 2.31. The van der Waals surface area contributed by atoms with Crippen molar-refractivity contribution in [2.45, 2.75) is 70.6 Å². The summed E-state index contributed by atoms with van der Waals surface area (Å²) in [5.41, 5.74) is 4.84. The maximum atomic E-state index is 10.4. The summed E-state index contributed by atoms with van der Waals surface area (Å²) in [7, 11) is 0. The second-order valence-electron chi connectivity index (χ2n) is 8.51. The van der Waals surface area contributed by atoms with E-state index in [0.717, 1.165) is 67.3 Å². The van der Waals surface area contributed by atoms with Crippen LogP contribution in [0.4, 0.5) is 5.69 Å². The Hall–Kier alpha value is -2.16. The lowest BCUT2D eigenvalue weighted by molar-refractivity contribution is 0.00994. The number of fused-ring (bicyclic) bond motifs is 1. The van der Waals surface area contributed by atoms with Crippen LogP contribution >= 0.6 is 0 Å². The lowest BCUT2D eigenvalue weighted by Crippen LogP contribution is -2.50. The lowest BCUT2D eigenvalue weighted by atomic mass is 9.89. The van der Waals surface area contributed by atoms with Crippen LogP contribution in [0.2, 0.25) is 0 Å². The van der Waals surface area contributed by atoms with Crippen LogP contribution in [-0.4, -0.2) is 46.3 Å². The number of benzene rings is 1. The molecule has 28 heavy (non-hydrogen) atoms. The number of aliphatic hydroxyl groups is 1. The zero-order valence-electron chi connectivity index (χ0n) is 16.9. The van der Waals surface area contributed by atoms with Gasteiger partial charge in [0.05, 0.1) is 22.9 Å². The molecular formula is C23H30N4O. The molecule has 5 heteroatoms. The van der Waals surface area contributed by atoms with Crippen molar-refractivity contribution in [2.24, 2.45) is 0 Å². The topological polar surface area (TPSA) is 72.2 Å². The number of likely N-dealkylation sites (tertiary alicyclic amines) is 1. The number of piperidine rings is 1. The summed E-state index contributed by atoms with van der Waals surface area (Å²) in [5, 5.41) is 24.7. The van der Waals surface area contributed by atoms with Gasteiger partial charge < -0.3 is 10.4 Å². The van der Waals surface area contributed by atoms with Crippen molar-refractivity contribution in [1.82, 2.24) is 9.88 Å². The maximum absolute atomic E-state index is 10.4. The van der Waals surface area contributed by atoms with Crippen LogP contribution < -0.4 is 5.32 Å². The van der Waals surface area contributed by atoms with Crippen molar-refractivity contribution in [3.05, 3.63) is 35.0 Å². The first kappa shape index (κ1) is 19.2. The number of nitrogens with zero attached hydrogens (tertiary/aromatic N) is 3. The fourth-order valence-corrected chi connectivity index (χ4v) is 5.00. The first-order valence-electron chi connectivity index (χ1n) is 10.6. The third-order valence-corrected chi connectivity index (χ3v) is 6.47. The van der Waals surface area contributed by atoms with Gasteiger partial charge in [0.25, 0.3) is 0 Å². The van der Waals surface area contributed by atoms with E-state index in [2.05, 4.69) is 47.3 Å². The van der Waals surface area contributed by atoms with E-state index in [-0.39, 0.29) is 6.10 Å². The van der Waals surface area contributed by atoms with Gasteiger partial charge in [-0.2, -0.15) is 5.26 Å². The first-order chi connectivity index (χ1) is 13.6. The van der Waals surface area contributed by atoms with Crippen LogP contribution in [0.5, 0.6) is 0 Å². The summed E-state index contributed by atoms with van der Waals surface area (Å²) in [6.45, 7) is 6.17. The van der Waals surface area contributed by atoms with E-state index in [1.807, 2.05) is 0 Å². The summed E-state index contributed by atoms with van der Waals surface area (Å²) in [6.07, 6.45) is 8.03. The molecule has 1 aliphatic carbocycles. The van der Waals surface area contributed by atoms with Crippen molar-refractivity contribution in [3.63, 3.8) is 0 Å². The number of hydrogen-bond donors (Lipinski definition) is 2. The maximum Gasteiger partial charge on any atom is 0.103 e. The molecule has 2 aromatic rings. The molecule has 4 rings (SSSR count). The molecule has 2 unspecified atom stereocenters. The molecule has 2 N–H and O–H groups in total. The van der Waals surface area contributed by atoms with Crippen LogP contribution in [-0.2, 0) is 0 Å². The third-order valence-electron chi connectivity index (χ3n) is 6.47. The van der Waals surface area contributed by atoms with Gasteiger partial charge >= 0.3 is 0 Å². The molecule has 0 amide bonds. The van der Waals surface area contributed by atoms with E-state index in [4.69, 9.17) is 0 Å². The monoisotopic (exact) mass is 378 g/mol. The van der Waals surface area contributed by atoms with Gasteiger partial charge in [0.1, 0.15) is 6.07 Å². The van der Waals surface area contributed by atoms with Gasteiger partial charge in [-0.05, 0) is 51.2 Å². The van der Waals surface area contributed by atoms with Crippen LogP contribution in [0.15, 0.2) is 18.3 Å². The molecule has 0 bridgehead atoms. The predicted octanol–water partition coefficient (Wildman–Crippen LogP) is 3.90. The van der Waals surface area contributed by atoms with Crippen LogP contribution in [0.1, 0.15) is 55.2 Å². The first-order valence-corrected chi connectivity index (χ1v) is 10.6. The Balaban J connectivity index is 1.52. The Morgan fingerprint density at radius 3 is 2.61 bits per heavy atom. The molecule has 1 aromatic heterocycles. The molecule has 2 aliphatic rings. The van der Waals surface area contributed by atoms with Crippen LogP contribution in [0.3, 0.4) is 0 Å². The van der Waals surface area contributed by atoms with E-state index < -0.39 is 0 Å². The van der Waals surface area contributed by atoms with Gasteiger partial charge in [-0.1, -0.05) is 24.5 Å². The number of aryl methyl sites for hydroxylation is 2. The van der Waals surface area contributed by atoms with Crippen molar-refractivity contribution in [3.8, 4) is 6.07 Å². The Kier molecular flexibility index (Phi) is 5.52. The number of hydrogen-bond acceptors (Lipinski definition) is 5. The zero-order valence-corrected chi connectivity index (χ0v) is 16.9. The quantitative estimate of drug-likeness (QED) is 0.847. The van der Waals surface area contributed by atoms with Gasteiger partial charge in [-0.15, -0.1) is 0 Å². The molecule has 1 aliphatic heterocycles. The van der Waals surface area contributed by atoms with Crippen molar-refractivity contribution < 1.29 is 5.11 Å². The second kappa shape index (κ2) is 8.06. The number of aromatic nitrogens is 1.